The number of rotatable bonds is 0. The van der Waals surface area contributed by atoms with Gasteiger partial charge < -0.3 is 31.1 Å². The van der Waals surface area contributed by atoms with Crippen LogP contribution in [0.3, 0.4) is 0 Å². The molecule has 0 bridgehead atoms. The Labute approximate surface area is 89.3 Å². The van der Waals surface area contributed by atoms with Crippen LogP contribution in [0.25, 0.3) is 0 Å². The molecule has 0 amide bonds. The van der Waals surface area contributed by atoms with E-state index in [0.29, 0.717) is 0 Å². The summed E-state index contributed by atoms with van der Waals surface area (Å²) in [5, 5.41) is 0. The predicted molar refractivity (Wildman–Crippen MR) is 36.6 cm³/mol. The molecule has 0 aromatic rings. The molecule has 10 heavy (non-hydrogen) atoms. The van der Waals surface area contributed by atoms with Crippen molar-refractivity contribution in [2.24, 2.45) is 0 Å². The van der Waals surface area contributed by atoms with Gasteiger partial charge in [-0.1, -0.05) is 0 Å². The van der Waals surface area contributed by atoms with Gasteiger partial charge in [-0.05, 0) is 0 Å². The zero-order valence-electron chi connectivity index (χ0n) is 5.11. The minimum atomic E-state index is -4.64. The van der Waals surface area contributed by atoms with Crippen LogP contribution in [-0.2, 0) is 4.57 Å². The van der Waals surface area contributed by atoms with Crippen LogP contribution < -0.4 is 0 Å². The van der Waals surface area contributed by atoms with Gasteiger partial charge in [-0.25, -0.2) is 4.57 Å². The van der Waals surface area contributed by atoms with Crippen LogP contribution in [0.15, 0.2) is 0 Å². The maximum absolute atomic E-state index is 8.88. The van der Waals surface area contributed by atoms with Crippen LogP contribution in [0.4, 0.5) is 0 Å². The van der Waals surface area contributed by atoms with E-state index in [1.807, 2.05) is 0 Å². The van der Waals surface area contributed by atoms with Crippen molar-refractivity contribution in [3.05, 3.63) is 0 Å². The SMILES string of the molecule is O.O.O.O=P(O)(O)O.[Mg+2].[Mg+2]. The minimum Gasteiger partial charge on any atom is -0.412 e. The number of hydrogen-bond donors (Lipinski definition) is 3. The van der Waals surface area contributed by atoms with E-state index < -0.39 is 7.82 Å². The van der Waals surface area contributed by atoms with Gasteiger partial charge in [0.1, 0.15) is 0 Å². The molecule has 0 aliphatic carbocycles. The molecule has 0 saturated carbocycles. The van der Waals surface area contributed by atoms with Gasteiger partial charge in [0.05, 0.1) is 0 Å². The van der Waals surface area contributed by atoms with Gasteiger partial charge >= 0.3 is 53.9 Å². The molecule has 0 fully saturated rings. The van der Waals surface area contributed by atoms with E-state index in [0.717, 1.165) is 0 Å². The predicted octanol–water partition coefficient (Wildman–Crippen LogP) is -4.16. The Morgan fingerprint density at radius 3 is 0.800 bits per heavy atom. The Bertz CT molecular complexity index is 57.7. The van der Waals surface area contributed by atoms with Gasteiger partial charge in [-0.15, -0.1) is 0 Å². The van der Waals surface area contributed by atoms with E-state index in [9.17, 15) is 0 Å². The van der Waals surface area contributed by atoms with Crippen LogP contribution >= 0.6 is 7.82 Å². The third-order valence-corrected chi connectivity index (χ3v) is 0. The smallest absolute Gasteiger partial charge is 0.412 e. The summed E-state index contributed by atoms with van der Waals surface area (Å²) in [6.07, 6.45) is 0. The van der Waals surface area contributed by atoms with Crippen LogP contribution in [-0.4, -0.2) is 77.2 Å². The van der Waals surface area contributed by atoms with Gasteiger partial charge in [0.2, 0.25) is 0 Å². The maximum Gasteiger partial charge on any atom is 2.00 e. The van der Waals surface area contributed by atoms with E-state index >= 15 is 0 Å². The molecule has 10 heteroatoms. The zero-order valence-corrected chi connectivity index (χ0v) is 8.83. The molecule has 0 atom stereocenters. The fourth-order valence-corrected chi connectivity index (χ4v) is 0. The average molecular weight is 201 g/mol. The molecule has 0 heterocycles. The summed E-state index contributed by atoms with van der Waals surface area (Å²) < 4.78 is 8.88. The van der Waals surface area contributed by atoms with Crippen LogP contribution in [0.2, 0.25) is 0 Å². The summed E-state index contributed by atoms with van der Waals surface area (Å²) in [5.41, 5.74) is 0. The molecule has 0 aromatic heterocycles. The molecule has 0 aliphatic heterocycles. The van der Waals surface area contributed by atoms with E-state index in [1.54, 1.807) is 0 Å². The number of hydrogen-bond acceptors (Lipinski definition) is 1. The summed E-state index contributed by atoms with van der Waals surface area (Å²) in [4.78, 5) is 21.6. The molecule has 56 valence electrons. The zero-order chi connectivity index (χ0) is 4.50. The van der Waals surface area contributed by atoms with E-state index in [-0.39, 0.29) is 62.5 Å². The summed E-state index contributed by atoms with van der Waals surface area (Å²) in [7, 11) is -4.64. The van der Waals surface area contributed by atoms with Crippen molar-refractivity contribution in [1.82, 2.24) is 0 Å². The van der Waals surface area contributed by atoms with E-state index in [1.165, 1.54) is 0 Å². The van der Waals surface area contributed by atoms with Crippen molar-refractivity contribution in [3.8, 4) is 0 Å². The third kappa shape index (κ3) is 298. The summed E-state index contributed by atoms with van der Waals surface area (Å²) in [5.74, 6) is 0. The Morgan fingerprint density at radius 1 is 0.800 bits per heavy atom. The van der Waals surface area contributed by atoms with Gasteiger partial charge in [-0.2, -0.15) is 0 Å². The topological polar surface area (TPSA) is 172 Å². The molecule has 0 aliphatic rings. The van der Waals surface area contributed by atoms with Crippen molar-refractivity contribution in [2.75, 3.05) is 0 Å². The Kier molecular flexibility index (Phi) is 70.5. The normalized spacial score (nSPS) is 5.90. The van der Waals surface area contributed by atoms with Crippen molar-refractivity contribution in [3.63, 3.8) is 0 Å². The first kappa shape index (κ1) is 41.8. The van der Waals surface area contributed by atoms with Crippen molar-refractivity contribution >= 4 is 53.9 Å². The molecular formula is H9Mg2O7P+4. The molecule has 0 aromatic carbocycles. The average Bonchev–Trinajstić information content (AvgIpc) is 0.722. The largest absolute Gasteiger partial charge is 2.00 e. The molecule has 9 N–H and O–H groups in total. The van der Waals surface area contributed by atoms with Gasteiger partial charge in [-0.3, -0.25) is 0 Å². The minimum absolute atomic E-state index is 0. The summed E-state index contributed by atoms with van der Waals surface area (Å²) in [6, 6.07) is 0. The van der Waals surface area contributed by atoms with E-state index in [4.69, 9.17) is 19.2 Å². The maximum atomic E-state index is 8.88. The molecule has 0 rings (SSSR count). The van der Waals surface area contributed by atoms with Crippen LogP contribution in [0, 0.1) is 0 Å². The first-order valence-electron chi connectivity index (χ1n) is 0.783. The van der Waals surface area contributed by atoms with Crippen LogP contribution in [0.1, 0.15) is 0 Å². The van der Waals surface area contributed by atoms with Gasteiger partial charge in [0.25, 0.3) is 0 Å². The van der Waals surface area contributed by atoms with Crippen molar-refractivity contribution in [1.29, 1.82) is 0 Å². The number of phosphoric acid groups is 1. The van der Waals surface area contributed by atoms with Crippen LogP contribution in [0.5, 0.6) is 0 Å². The fourth-order valence-electron chi connectivity index (χ4n) is 0. The quantitative estimate of drug-likeness (QED) is 0.266. The standard InChI is InChI=1S/2Mg.H3O4P.3H2O/c;;1-5(2,3)4;;;/h;;(H3,1,2,3,4);3*1H2/q2*+2;;;;. The Morgan fingerprint density at radius 2 is 0.800 bits per heavy atom. The molecular weight excluding hydrogens is 192 g/mol. The molecule has 7 nitrogen and oxygen atoms in total. The second kappa shape index (κ2) is 16.9. The van der Waals surface area contributed by atoms with Crippen molar-refractivity contribution < 1.29 is 35.7 Å². The fraction of sp³-hybridized carbons (Fsp3) is 0. The second-order valence-corrected chi connectivity index (χ2v) is 1.54. The molecule has 0 unspecified atom stereocenters. The summed E-state index contributed by atoms with van der Waals surface area (Å²) in [6.45, 7) is 0. The first-order chi connectivity index (χ1) is 2.00. The third-order valence-electron chi connectivity index (χ3n) is 0. The van der Waals surface area contributed by atoms with E-state index in [2.05, 4.69) is 0 Å². The second-order valence-electron chi connectivity index (χ2n) is 0.513. The monoisotopic (exact) mass is 200 g/mol. The molecule has 0 radical (unpaired) electrons. The Hall–Kier alpha value is 1.52. The van der Waals surface area contributed by atoms with Gasteiger partial charge in [0.15, 0.2) is 0 Å². The molecule has 0 saturated heterocycles. The first-order valence-corrected chi connectivity index (χ1v) is 2.35. The Balaban J connectivity index is -0.00000000800. The summed E-state index contributed by atoms with van der Waals surface area (Å²) >= 11 is 0. The van der Waals surface area contributed by atoms with Crippen molar-refractivity contribution in [2.45, 2.75) is 0 Å². The molecule has 0 spiro atoms. The van der Waals surface area contributed by atoms with Gasteiger partial charge in [0, 0.05) is 0 Å².